The number of alkyl halides is 3. The maximum Gasteiger partial charge on any atom is 0.416 e. The van der Waals surface area contributed by atoms with Crippen LogP contribution in [0.1, 0.15) is 20.1 Å². The molecule has 0 amide bonds. The lowest BCUT2D eigenvalue weighted by molar-refractivity contribution is -0.137. The lowest BCUT2D eigenvalue weighted by Gasteiger charge is -2.06. The maximum atomic E-state index is 12.6. The molecule has 3 aromatic rings. The average Bonchev–Trinajstić information content (AvgIpc) is 3.12. The summed E-state index contributed by atoms with van der Waals surface area (Å²) in [5.74, 6) is -0.531. The first-order valence-corrected chi connectivity index (χ1v) is 7.54. The zero-order valence-corrected chi connectivity index (χ0v) is 13.1. The van der Waals surface area contributed by atoms with E-state index in [1.165, 1.54) is 11.3 Å². The van der Waals surface area contributed by atoms with Crippen LogP contribution in [0.5, 0.6) is 0 Å². The van der Waals surface area contributed by atoms with E-state index in [9.17, 15) is 22.8 Å². The summed E-state index contributed by atoms with van der Waals surface area (Å²) >= 11 is 1.24. The molecular formula is C15H10F3N3O2S. The Morgan fingerprint density at radius 2 is 1.79 bits per heavy atom. The number of carbonyl (C=O) groups excluding carboxylic acids is 1. The monoisotopic (exact) mass is 353 g/mol. The van der Waals surface area contributed by atoms with E-state index in [-0.39, 0.29) is 5.69 Å². The Morgan fingerprint density at radius 3 is 2.33 bits per heavy atom. The van der Waals surface area contributed by atoms with Crippen molar-refractivity contribution in [1.82, 2.24) is 14.3 Å². The molecule has 0 unspecified atom stereocenters. The molecule has 0 saturated heterocycles. The lowest BCUT2D eigenvalue weighted by atomic mass is 10.2. The first-order valence-electron chi connectivity index (χ1n) is 6.73. The number of rotatable bonds is 2. The minimum atomic E-state index is -4.46. The van der Waals surface area contributed by atoms with Gasteiger partial charge in [-0.15, -0.1) is 11.3 Å². The molecule has 2 aromatic heterocycles. The summed E-state index contributed by atoms with van der Waals surface area (Å²) in [5.41, 5.74) is -1.43. The highest BCUT2D eigenvalue weighted by atomic mass is 32.1. The van der Waals surface area contributed by atoms with E-state index in [4.69, 9.17) is 0 Å². The van der Waals surface area contributed by atoms with Crippen LogP contribution in [0, 0.1) is 6.92 Å². The van der Waals surface area contributed by atoms with Crippen molar-refractivity contribution in [2.24, 2.45) is 0 Å². The number of thiophene rings is 1. The van der Waals surface area contributed by atoms with Crippen LogP contribution in [-0.2, 0) is 6.18 Å². The van der Waals surface area contributed by atoms with Gasteiger partial charge < -0.3 is 0 Å². The normalized spacial score (nSPS) is 11.7. The Balaban J connectivity index is 1.96. The molecule has 0 saturated carbocycles. The van der Waals surface area contributed by atoms with Crippen LogP contribution in [0.25, 0.3) is 5.69 Å². The van der Waals surface area contributed by atoms with Crippen molar-refractivity contribution < 1.29 is 18.0 Å². The number of halogens is 3. The minimum Gasteiger partial charge on any atom is -0.267 e. The predicted octanol–water partition coefficient (Wildman–Crippen LogP) is 3.11. The second-order valence-electron chi connectivity index (χ2n) is 4.96. The SMILES string of the molecule is Cc1ccc(C(=O)n2cnn(-c3ccc(C(F)(F)F)cc3)c2=O)s1. The van der Waals surface area contributed by atoms with E-state index in [2.05, 4.69) is 5.10 Å². The first kappa shape index (κ1) is 16.2. The summed E-state index contributed by atoms with van der Waals surface area (Å²) in [6, 6.07) is 7.31. The highest BCUT2D eigenvalue weighted by molar-refractivity contribution is 7.13. The van der Waals surface area contributed by atoms with Gasteiger partial charge in [0.1, 0.15) is 6.33 Å². The predicted molar refractivity (Wildman–Crippen MR) is 81.6 cm³/mol. The molecule has 2 heterocycles. The summed E-state index contributed by atoms with van der Waals surface area (Å²) in [7, 11) is 0. The molecule has 0 fully saturated rings. The van der Waals surface area contributed by atoms with Gasteiger partial charge in [-0.2, -0.15) is 23.0 Å². The fraction of sp³-hybridized carbons (Fsp3) is 0.133. The van der Waals surface area contributed by atoms with Gasteiger partial charge in [-0.3, -0.25) is 4.79 Å². The van der Waals surface area contributed by atoms with Crippen molar-refractivity contribution in [1.29, 1.82) is 0 Å². The fourth-order valence-corrected chi connectivity index (χ4v) is 2.89. The van der Waals surface area contributed by atoms with E-state index in [1.807, 2.05) is 6.92 Å². The minimum absolute atomic E-state index is 0.141. The number of aryl methyl sites for hydroxylation is 1. The summed E-state index contributed by atoms with van der Waals surface area (Å²) in [5, 5.41) is 3.80. The van der Waals surface area contributed by atoms with E-state index in [0.29, 0.717) is 4.88 Å². The van der Waals surface area contributed by atoms with Crippen LogP contribution < -0.4 is 5.69 Å². The van der Waals surface area contributed by atoms with E-state index in [1.54, 1.807) is 12.1 Å². The van der Waals surface area contributed by atoms with Crippen molar-refractivity contribution in [2.45, 2.75) is 13.1 Å². The Morgan fingerprint density at radius 1 is 1.12 bits per heavy atom. The van der Waals surface area contributed by atoms with Crippen molar-refractivity contribution in [3.63, 3.8) is 0 Å². The van der Waals surface area contributed by atoms with Crippen molar-refractivity contribution in [2.75, 3.05) is 0 Å². The molecule has 0 aliphatic heterocycles. The zero-order valence-electron chi connectivity index (χ0n) is 12.2. The number of hydrogen-bond donors (Lipinski definition) is 0. The number of benzene rings is 1. The van der Waals surface area contributed by atoms with Gasteiger partial charge in [0.15, 0.2) is 0 Å². The Bertz CT molecular complexity index is 951. The van der Waals surface area contributed by atoms with Crippen LogP contribution in [0.3, 0.4) is 0 Å². The van der Waals surface area contributed by atoms with Gasteiger partial charge in [-0.25, -0.2) is 9.36 Å². The highest BCUT2D eigenvalue weighted by Crippen LogP contribution is 2.29. The van der Waals surface area contributed by atoms with Crippen molar-refractivity contribution >= 4 is 17.2 Å². The zero-order chi connectivity index (χ0) is 17.5. The molecule has 0 spiro atoms. The summed E-state index contributed by atoms with van der Waals surface area (Å²) in [6.07, 6.45) is -3.41. The molecule has 1 aromatic carbocycles. The van der Waals surface area contributed by atoms with Crippen LogP contribution in [-0.4, -0.2) is 20.3 Å². The third kappa shape index (κ3) is 2.90. The van der Waals surface area contributed by atoms with Crippen molar-refractivity contribution in [3.8, 4) is 5.69 Å². The number of nitrogens with zero attached hydrogens (tertiary/aromatic N) is 3. The number of aromatic nitrogens is 3. The van der Waals surface area contributed by atoms with Gasteiger partial charge in [-0.1, -0.05) is 0 Å². The molecule has 0 bridgehead atoms. The maximum absolute atomic E-state index is 12.6. The number of carbonyl (C=O) groups is 1. The molecule has 0 N–H and O–H groups in total. The van der Waals surface area contributed by atoms with Gasteiger partial charge in [0.05, 0.1) is 16.1 Å². The lowest BCUT2D eigenvalue weighted by Crippen LogP contribution is -2.28. The van der Waals surface area contributed by atoms with Crippen LogP contribution in [0.2, 0.25) is 0 Å². The topological polar surface area (TPSA) is 56.9 Å². The molecule has 0 aliphatic carbocycles. The molecule has 0 aliphatic rings. The second kappa shape index (κ2) is 5.75. The molecule has 124 valence electrons. The smallest absolute Gasteiger partial charge is 0.267 e. The van der Waals surface area contributed by atoms with Gasteiger partial charge >= 0.3 is 11.9 Å². The third-order valence-electron chi connectivity index (χ3n) is 3.28. The molecule has 3 rings (SSSR count). The molecule has 0 atom stereocenters. The standard InChI is InChI=1S/C15H10F3N3O2S/c1-9-2-7-12(24-9)13(22)20-8-19-21(14(20)23)11-5-3-10(4-6-11)15(16,17)18/h2-8H,1H3. The summed E-state index contributed by atoms with van der Waals surface area (Å²) < 4.78 is 39.4. The van der Waals surface area contributed by atoms with Crippen molar-refractivity contribution in [3.05, 3.63) is 68.5 Å². The Labute approximate surface area is 137 Å². The first-order chi connectivity index (χ1) is 11.3. The fourth-order valence-electron chi connectivity index (χ4n) is 2.08. The third-order valence-corrected chi connectivity index (χ3v) is 4.27. The van der Waals surface area contributed by atoms with Crippen LogP contribution in [0.4, 0.5) is 13.2 Å². The largest absolute Gasteiger partial charge is 0.416 e. The Kier molecular flexibility index (Phi) is 3.88. The molecular weight excluding hydrogens is 343 g/mol. The summed E-state index contributed by atoms with van der Waals surface area (Å²) in [6.45, 7) is 1.83. The Hall–Kier alpha value is -2.68. The van der Waals surface area contributed by atoms with Crippen LogP contribution in [0.15, 0.2) is 47.5 Å². The quantitative estimate of drug-likeness (QED) is 0.711. The molecule has 5 nitrogen and oxygen atoms in total. The van der Waals surface area contributed by atoms with E-state index >= 15 is 0 Å². The van der Waals surface area contributed by atoms with Gasteiger partial charge in [0, 0.05) is 4.88 Å². The average molecular weight is 353 g/mol. The molecule has 0 radical (unpaired) electrons. The molecule has 24 heavy (non-hydrogen) atoms. The van der Waals surface area contributed by atoms with E-state index in [0.717, 1.165) is 44.7 Å². The van der Waals surface area contributed by atoms with Gasteiger partial charge in [-0.05, 0) is 43.3 Å². The second-order valence-corrected chi connectivity index (χ2v) is 6.24. The number of hydrogen-bond acceptors (Lipinski definition) is 4. The van der Waals surface area contributed by atoms with Gasteiger partial charge in [0.2, 0.25) is 0 Å². The summed E-state index contributed by atoms with van der Waals surface area (Å²) in [4.78, 5) is 25.9. The highest BCUT2D eigenvalue weighted by Gasteiger charge is 2.30. The van der Waals surface area contributed by atoms with Crippen LogP contribution >= 0.6 is 11.3 Å². The van der Waals surface area contributed by atoms with E-state index < -0.39 is 23.3 Å². The van der Waals surface area contributed by atoms with Gasteiger partial charge in [0.25, 0.3) is 5.91 Å². The molecule has 9 heteroatoms.